The van der Waals surface area contributed by atoms with Gasteiger partial charge in [-0.15, -0.1) is 0 Å². The largest absolute Gasteiger partial charge is 0.388 e. The average Bonchev–Trinajstić information content (AvgIpc) is 3.34. The molecule has 0 saturated carbocycles. The van der Waals surface area contributed by atoms with Crippen molar-refractivity contribution >= 4 is 15.9 Å². The SMILES string of the molecule is CC(C)n1ccc(S(=O)(=O)NC(=O)Cc2c3c(cc4c2CCC4O)CCC3)n1. The first-order chi connectivity index (χ1) is 13.3. The van der Waals surface area contributed by atoms with Gasteiger partial charge >= 0.3 is 0 Å². The number of aliphatic hydroxyl groups excluding tert-OH is 1. The van der Waals surface area contributed by atoms with E-state index in [1.807, 2.05) is 13.8 Å². The minimum Gasteiger partial charge on any atom is -0.388 e. The van der Waals surface area contributed by atoms with Gasteiger partial charge in [0.1, 0.15) is 0 Å². The number of amides is 1. The number of carbonyl (C=O) groups is 1. The zero-order valence-electron chi connectivity index (χ0n) is 16.1. The summed E-state index contributed by atoms with van der Waals surface area (Å²) in [6, 6.07) is 3.50. The number of carbonyl (C=O) groups excluding carboxylic acids is 1. The summed E-state index contributed by atoms with van der Waals surface area (Å²) in [7, 11) is -4.01. The van der Waals surface area contributed by atoms with Gasteiger partial charge in [0.05, 0.1) is 12.5 Å². The number of hydrogen-bond donors (Lipinski definition) is 2. The van der Waals surface area contributed by atoms with Gasteiger partial charge in [-0.2, -0.15) is 13.5 Å². The van der Waals surface area contributed by atoms with E-state index in [1.54, 1.807) is 6.20 Å². The number of nitrogens with zero attached hydrogens (tertiary/aromatic N) is 2. The van der Waals surface area contributed by atoms with Crippen LogP contribution in [-0.2, 0) is 40.5 Å². The highest BCUT2D eigenvalue weighted by atomic mass is 32.2. The lowest BCUT2D eigenvalue weighted by Crippen LogP contribution is -2.32. The molecule has 1 unspecified atom stereocenters. The molecule has 7 nitrogen and oxygen atoms in total. The first-order valence-electron chi connectivity index (χ1n) is 9.71. The predicted molar refractivity (Wildman–Crippen MR) is 103 cm³/mol. The van der Waals surface area contributed by atoms with Gasteiger partial charge in [-0.3, -0.25) is 9.48 Å². The van der Waals surface area contributed by atoms with Crippen molar-refractivity contribution in [3.05, 3.63) is 46.1 Å². The van der Waals surface area contributed by atoms with Crippen LogP contribution in [0.15, 0.2) is 23.4 Å². The zero-order chi connectivity index (χ0) is 20.1. The number of benzene rings is 1. The Labute approximate surface area is 164 Å². The van der Waals surface area contributed by atoms with E-state index in [0.29, 0.717) is 6.42 Å². The Bertz CT molecular complexity index is 1040. The van der Waals surface area contributed by atoms with E-state index < -0.39 is 22.0 Å². The zero-order valence-corrected chi connectivity index (χ0v) is 16.9. The summed E-state index contributed by atoms with van der Waals surface area (Å²) in [6.07, 6.45) is 5.32. The van der Waals surface area contributed by atoms with Crippen molar-refractivity contribution in [1.29, 1.82) is 0 Å². The van der Waals surface area contributed by atoms with Crippen molar-refractivity contribution in [2.24, 2.45) is 0 Å². The quantitative estimate of drug-likeness (QED) is 0.795. The Morgan fingerprint density at radius 2 is 2.11 bits per heavy atom. The molecule has 2 aromatic rings. The molecule has 2 aliphatic carbocycles. The number of aromatic nitrogens is 2. The Hall–Kier alpha value is -2.19. The highest BCUT2D eigenvalue weighted by molar-refractivity contribution is 7.90. The smallest absolute Gasteiger partial charge is 0.283 e. The lowest BCUT2D eigenvalue weighted by Gasteiger charge is -2.15. The fourth-order valence-corrected chi connectivity index (χ4v) is 5.21. The molecule has 1 amide bonds. The molecule has 2 N–H and O–H groups in total. The van der Waals surface area contributed by atoms with E-state index in [-0.39, 0.29) is 17.5 Å². The number of aryl methyl sites for hydroxylation is 1. The van der Waals surface area contributed by atoms with Crippen LogP contribution in [0.2, 0.25) is 0 Å². The van der Waals surface area contributed by atoms with Crippen molar-refractivity contribution in [1.82, 2.24) is 14.5 Å². The summed E-state index contributed by atoms with van der Waals surface area (Å²) in [4.78, 5) is 12.6. The third-order valence-corrected chi connectivity index (χ3v) is 6.93. The summed E-state index contributed by atoms with van der Waals surface area (Å²) in [5, 5.41) is 14.1. The molecule has 0 saturated heterocycles. The van der Waals surface area contributed by atoms with Crippen LogP contribution in [0.25, 0.3) is 0 Å². The van der Waals surface area contributed by atoms with Gasteiger partial charge in [0, 0.05) is 12.2 Å². The second kappa shape index (κ2) is 7.00. The molecule has 0 radical (unpaired) electrons. The average molecular weight is 404 g/mol. The van der Waals surface area contributed by atoms with Gasteiger partial charge in [-0.25, -0.2) is 4.72 Å². The maximum absolute atomic E-state index is 12.6. The molecule has 1 heterocycles. The molecule has 1 atom stereocenters. The lowest BCUT2D eigenvalue weighted by atomic mass is 9.92. The standard InChI is InChI=1S/C20H25N3O4S/c1-12(2)23-9-8-20(21-23)28(26,27)22-19(25)11-16-14-5-3-4-13(14)10-17-15(16)6-7-18(17)24/h8-10,12,18,24H,3-7,11H2,1-2H3,(H,22,25). The van der Waals surface area contributed by atoms with Gasteiger partial charge in [0.2, 0.25) is 5.91 Å². The van der Waals surface area contributed by atoms with Crippen LogP contribution in [-0.4, -0.2) is 29.2 Å². The van der Waals surface area contributed by atoms with E-state index in [0.717, 1.165) is 47.9 Å². The van der Waals surface area contributed by atoms with Crippen LogP contribution < -0.4 is 4.72 Å². The lowest BCUT2D eigenvalue weighted by molar-refractivity contribution is -0.118. The molecular formula is C20H25N3O4S. The third kappa shape index (κ3) is 3.35. The second-order valence-electron chi connectivity index (χ2n) is 7.90. The number of nitrogens with one attached hydrogen (secondary N) is 1. The molecule has 4 rings (SSSR count). The molecule has 150 valence electrons. The second-order valence-corrected chi connectivity index (χ2v) is 9.53. The van der Waals surface area contributed by atoms with E-state index in [2.05, 4.69) is 15.9 Å². The van der Waals surface area contributed by atoms with Gasteiger partial charge in [0.25, 0.3) is 10.0 Å². The minimum absolute atomic E-state index is 0.00233. The van der Waals surface area contributed by atoms with E-state index >= 15 is 0 Å². The molecule has 8 heteroatoms. The van der Waals surface area contributed by atoms with Gasteiger partial charge in [-0.05, 0) is 79.8 Å². The Kier molecular flexibility index (Phi) is 4.79. The van der Waals surface area contributed by atoms with Crippen LogP contribution in [0.1, 0.15) is 66.7 Å². The number of rotatable bonds is 5. The highest BCUT2D eigenvalue weighted by Gasteiger charge is 2.30. The van der Waals surface area contributed by atoms with Gasteiger partial charge in [0.15, 0.2) is 5.03 Å². The minimum atomic E-state index is -4.01. The van der Waals surface area contributed by atoms with Gasteiger partial charge < -0.3 is 5.11 Å². The first-order valence-corrected chi connectivity index (χ1v) is 11.2. The van der Waals surface area contributed by atoms with E-state index in [1.165, 1.54) is 16.3 Å². The maximum atomic E-state index is 12.6. The highest BCUT2D eigenvalue weighted by Crippen LogP contribution is 2.39. The monoisotopic (exact) mass is 403 g/mol. The summed E-state index contributed by atoms with van der Waals surface area (Å²) in [6.45, 7) is 3.79. The molecule has 0 fully saturated rings. The van der Waals surface area contributed by atoms with E-state index in [4.69, 9.17) is 0 Å². The van der Waals surface area contributed by atoms with Crippen molar-refractivity contribution in [3.63, 3.8) is 0 Å². The van der Waals surface area contributed by atoms with Crippen molar-refractivity contribution < 1.29 is 18.3 Å². The van der Waals surface area contributed by atoms with E-state index in [9.17, 15) is 18.3 Å². The van der Waals surface area contributed by atoms with Crippen molar-refractivity contribution in [2.75, 3.05) is 0 Å². The summed E-state index contributed by atoms with van der Waals surface area (Å²) >= 11 is 0. The van der Waals surface area contributed by atoms with Crippen LogP contribution >= 0.6 is 0 Å². The molecule has 28 heavy (non-hydrogen) atoms. The Morgan fingerprint density at radius 3 is 2.82 bits per heavy atom. The molecule has 2 aliphatic rings. The summed E-state index contributed by atoms with van der Waals surface area (Å²) in [5.41, 5.74) is 5.17. The van der Waals surface area contributed by atoms with Crippen LogP contribution in [0, 0.1) is 0 Å². The van der Waals surface area contributed by atoms with Gasteiger partial charge in [-0.1, -0.05) is 6.07 Å². The summed E-state index contributed by atoms with van der Waals surface area (Å²) in [5.74, 6) is -0.567. The normalized spacial score (nSPS) is 18.4. The number of sulfonamides is 1. The first kappa shape index (κ1) is 19.1. The molecule has 0 aliphatic heterocycles. The summed E-state index contributed by atoms with van der Waals surface area (Å²) < 4.78 is 28.8. The topological polar surface area (TPSA) is 101 Å². The predicted octanol–water partition coefficient (Wildman–Crippen LogP) is 1.98. The number of hydrogen-bond acceptors (Lipinski definition) is 5. The Morgan fingerprint density at radius 1 is 1.32 bits per heavy atom. The van der Waals surface area contributed by atoms with Crippen molar-refractivity contribution in [2.45, 2.75) is 69.5 Å². The Balaban J connectivity index is 1.58. The van der Waals surface area contributed by atoms with Crippen LogP contribution in [0.3, 0.4) is 0 Å². The van der Waals surface area contributed by atoms with Crippen LogP contribution in [0.4, 0.5) is 0 Å². The fraction of sp³-hybridized carbons (Fsp3) is 0.500. The molecule has 1 aromatic heterocycles. The molecule has 1 aromatic carbocycles. The number of aliphatic hydroxyl groups is 1. The number of fused-ring (bicyclic) bond motifs is 2. The molecule has 0 spiro atoms. The molecular weight excluding hydrogens is 378 g/mol. The van der Waals surface area contributed by atoms with Crippen molar-refractivity contribution in [3.8, 4) is 0 Å². The maximum Gasteiger partial charge on any atom is 0.283 e. The van der Waals surface area contributed by atoms with Crippen LogP contribution in [0.5, 0.6) is 0 Å². The molecule has 0 bridgehead atoms. The third-order valence-electron chi connectivity index (χ3n) is 5.67. The fourth-order valence-electron chi connectivity index (χ4n) is 4.30.